The Morgan fingerprint density at radius 2 is 1.78 bits per heavy atom. The van der Waals surface area contributed by atoms with Crippen molar-refractivity contribution in [3.63, 3.8) is 0 Å². The number of sulfonamides is 1. The summed E-state index contributed by atoms with van der Waals surface area (Å²) in [6, 6.07) is 15.4. The summed E-state index contributed by atoms with van der Waals surface area (Å²) in [5, 5.41) is 4.36. The van der Waals surface area contributed by atoms with Crippen molar-refractivity contribution in [2.75, 3.05) is 6.54 Å². The maximum Gasteiger partial charge on any atom is 0.298 e. The van der Waals surface area contributed by atoms with E-state index in [-0.39, 0.29) is 23.3 Å². The Morgan fingerprint density at radius 1 is 1.07 bits per heavy atom. The molecule has 0 fully saturated rings. The molecule has 1 aromatic heterocycles. The van der Waals surface area contributed by atoms with Gasteiger partial charge in [0.2, 0.25) is 0 Å². The zero-order valence-corrected chi connectivity index (χ0v) is 15.3. The number of halogens is 1. The zero-order valence-electron chi connectivity index (χ0n) is 14.5. The summed E-state index contributed by atoms with van der Waals surface area (Å²) in [7, 11) is -2.16. The first-order valence-corrected chi connectivity index (χ1v) is 9.79. The molecule has 0 spiro atoms. The molecule has 1 aliphatic rings. The fourth-order valence-electron chi connectivity index (χ4n) is 3.08. The maximum absolute atomic E-state index is 13.3. The van der Waals surface area contributed by atoms with Crippen LogP contribution in [0, 0.1) is 5.82 Å². The topological polar surface area (TPSA) is 67.6 Å². The highest BCUT2D eigenvalue weighted by atomic mass is 32.2. The van der Waals surface area contributed by atoms with Crippen molar-refractivity contribution < 1.29 is 12.8 Å². The van der Waals surface area contributed by atoms with Gasteiger partial charge in [-0.3, -0.25) is 0 Å². The summed E-state index contributed by atoms with van der Waals surface area (Å²) in [6.45, 7) is 0.134. The quantitative estimate of drug-likeness (QED) is 0.695. The summed E-state index contributed by atoms with van der Waals surface area (Å²) in [4.78, 5) is 3.95. The Bertz CT molecular complexity index is 1090. The third-order valence-electron chi connectivity index (χ3n) is 4.45. The molecule has 6 nitrogen and oxygen atoms in total. The average Bonchev–Trinajstić information content (AvgIpc) is 3.30. The predicted molar refractivity (Wildman–Crippen MR) is 99.2 cm³/mol. The fraction of sp³-hybridized carbons (Fsp3) is 0.158. The number of hydrogen-bond donors (Lipinski definition) is 0. The molecule has 1 aliphatic heterocycles. The van der Waals surface area contributed by atoms with Crippen molar-refractivity contribution in [2.45, 2.75) is 10.9 Å². The number of aromatic nitrogens is 2. The minimum absolute atomic E-state index is 0.0547. The van der Waals surface area contributed by atoms with Gasteiger partial charge in [0.15, 0.2) is 5.03 Å². The molecule has 0 saturated carbocycles. The van der Waals surface area contributed by atoms with Gasteiger partial charge in [-0.1, -0.05) is 42.5 Å². The van der Waals surface area contributed by atoms with Gasteiger partial charge >= 0.3 is 0 Å². The molecule has 2 aromatic carbocycles. The molecule has 1 unspecified atom stereocenters. The van der Waals surface area contributed by atoms with Gasteiger partial charge in [0.25, 0.3) is 10.0 Å². The molecule has 0 aliphatic carbocycles. The predicted octanol–water partition coefficient (Wildman–Crippen LogP) is 2.75. The summed E-state index contributed by atoms with van der Waals surface area (Å²) in [5.41, 5.74) is 2.25. The van der Waals surface area contributed by atoms with Gasteiger partial charge in [-0.15, -0.1) is 0 Å². The van der Waals surface area contributed by atoms with Gasteiger partial charge in [0.1, 0.15) is 5.82 Å². The zero-order chi connectivity index (χ0) is 19.0. The lowest BCUT2D eigenvalue weighted by Crippen LogP contribution is -2.26. The molecule has 1 atom stereocenters. The van der Waals surface area contributed by atoms with Crippen LogP contribution in [-0.2, 0) is 17.1 Å². The Morgan fingerprint density at radius 3 is 2.41 bits per heavy atom. The molecule has 8 heteroatoms. The van der Waals surface area contributed by atoms with Crippen molar-refractivity contribution in [2.24, 2.45) is 12.1 Å². The number of hydrogen-bond acceptors (Lipinski definition) is 4. The molecule has 0 N–H and O–H groups in total. The van der Waals surface area contributed by atoms with Crippen molar-refractivity contribution >= 4 is 15.7 Å². The maximum atomic E-state index is 13.3. The van der Waals surface area contributed by atoms with E-state index in [0.29, 0.717) is 5.71 Å². The Labute approximate surface area is 156 Å². The first kappa shape index (κ1) is 17.4. The van der Waals surface area contributed by atoms with Crippen LogP contribution in [0.2, 0.25) is 0 Å². The standard InChI is InChI=1S/C19H17FN4O2S/c1-23-12-18(21-13-23)27(25,26)24-11-17(14-7-9-16(20)10-8-14)19(22-24)15-5-3-2-4-6-15/h2-10,12-13,17H,11H2,1H3. The van der Waals surface area contributed by atoms with Gasteiger partial charge in [0.05, 0.1) is 18.6 Å². The number of rotatable bonds is 4. The highest BCUT2D eigenvalue weighted by Crippen LogP contribution is 2.31. The van der Waals surface area contributed by atoms with Crippen molar-refractivity contribution in [1.29, 1.82) is 0 Å². The SMILES string of the molecule is Cn1cnc(S(=O)(=O)N2CC(c3ccc(F)cc3)C(c3ccccc3)=N2)c1. The molecule has 0 bridgehead atoms. The van der Waals surface area contributed by atoms with Crippen molar-refractivity contribution in [3.8, 4) is 0 Å². The lowest BCUT2D eigenvalue weighted by molar-refractivity contribution is 0.449. The monoisotopic (exact) mass is 384 g/mol. The van der Waals surface area contributed by atoms with E-state index in [1.165, 1.54) is 24.7 Å². The van der Waals surface area contributed by atoms with Crippen LogP contribution in [0.3, 0.4) is 0 Å². The molecular weight excluding hydrogens is 367 g/mol. The molecule has 0 radical (unpaired) electrons. The molecule has 0 saturated heterocycles. The van der Waals surface area contributed by atoms with Crippen molar-refractivity contribution in [3.05, 3.63) is 84.1 Å². The second-order valence-electron chi connectivity index (χ2n) is 6.34. The van der Waals surface area contributed by atoms with Crippen LogP contribution >= 0.6 is 0 Å². The number of imidazole rings is 1. The van der Waals surface area contributed by atoms with E-state index in [4.69, 9.17) is 0 Å². The van der Waals surface area contributed by atoms with Crippen LogP contribution in [0.15, 0.2) is 77.2 Å². The van der Waals surface area contributed by atoms with E-state index in [1.54, 1.807) is 23.7 Å². The highest BCUT2D eigenvalue weighted by molar-refractivity contribution is 7.89. The normalized spacial score (nSPS) is 17.2. The summed E-state index contributed by atoms with van der Waals surface area (Å²) >= 11 is 0. The third-order valence-corrected chi connectivity index (χ3v) is 5.98. The second kappa shape index (κ2) is 6.62. The molecule has 4 rings (SSSR count). The first-order chi connectivity index (χ1) is 12.9. The van der Waals surface area contributed by atoms with Crippen molar-refractivity contribution in [1.82, 2.24) is 14.0 Å². The number of benzene rings is 2. The summed E-state index contributed by atoms with van der Waals surface area (Å²) < 4.78 is 41.9. The summed E-state index contributed by atoms with van der Waals surface area (Å²) in [6.07, 6.45) is 2.88. The first-order valence-electron chi connectivity index (χ1n) is 8.35. The van der Waals surface area contributed by atoms with E-state index in [0.717, 1.165) is 15.5 Å². The summed E-state index contributed by atoms with van der Waals surface area (Å²) in [5.74, 6) is -0.639. The lowest BCUT2D eigenvalue weighted by Gasteiger charge is -2.15. The molecule has 27 heavy (non-hydrogen) atoms. The molecular formula is C19H17FN4O2S. The van der Waals surface area contributed by atoms with E-state index >= 15 is 0 Å². The largest absolute Gasteiger partial charge is 0.339 e. The number of nitrogens with zero attached hydrogens (tertiary/aromatic N) is 4. The van der Waals surface area contributed by atoms with Crippen LogP contribution < -0.4 is 0 Å². The minimum atomic E-state index is -3.87. The molecule has 3 aromatic rings. The van der Waals surface area contributed by atoms with Gasteiger partial charge in [-0.2, -0.15) is 17.9 Å². The van der Waals surface area contributed by atoms with E-state index in [2.05, 4.69) is 10.1 Å². The van der Waals surface area contributed by atoms with Crippen LogP contribution in [0.4, 0.5) is 4.39 Å². The smallest absolute Gasteiger partial charge is 0.298 e. The van der Waals surface area contributed by atoms with Crippen LogP contribution in [0.1, 0.15) is 17.0 Å². The molecule has 0 amide bonds. The van der Waals surface area contributed by atoms with Gasteiger partial charge in [0, 0.05) is 19.2 Å². The number of hydrazone groups is 1. The van der Waals surface area contributed by atoms with Crippen LogP contribution in [0.5, 0.6) is 0 Å². The lowest BCUT2D eigenvalue weighted by atomic mass is 9.91. The average molecular weight is 384 g/mol. The van der Waals surface area contributed by atoms with Gasteiger partial charge in [-0.05, 0) is 23.3 Å². The fourth-order valence-corrected chi connectivity index (χ4v) is 4.32. The van der Waals surface area contributed by atoms with E-state index in [1.807, 2.05) is 30.3 Å². The Balaban J connectivity index is 1.77. The van der Waals surface area contributed by atoms with E-state index < -0.39 is 10.0 Å². The second-order valence-corrected chi connectivity index (χ2v) is 8.13. The Hall–Kier alpha value is -3.00. The van der Waals surface area contributed by atoms with Crippen LogP contribution in [-0.4, -0.2) is 34.6 Å². The van der Waals surface area contributed by atoms with E-state index in [9.17, 15) is 12.8 Å². The minimum Gasteiger partial charge on any atom is -0.339 e. The highest BCUT2D eigenvalue weighted by Gasteiger charge is 2.36. The van der Waals surface area contributed by atoms with Gasteiger partial charge < -0.3 is 4.57 Å². The van der Waals surface area contributed by atoms with Crippen LogP contribution in [0.25, 0.3) is 0 Å². The molecule has 138 valence electrons. The Kier molecular flexibility index (Phi) is 4.27. The van der Waals surface area contributed by atoms with Gasteiger partial charge in [-0.25, -0.2) is 9.37 Å². The molecule has 2 heterocycles. The number of aryl methyl sites for hydroxylation is 1. The third kappa shape index (κ3) is 3.23.